The smallest absolute Gasteiger partial charge is 0.319 e. The second-order valence-corrected chi connectivity index (χ2v) is 21.4. The monoisotopic (exact) mass is 1140 g/mol. The van der Waals surface area contributed by atoms with Gasteiger partial charge < -0.3 is 23.7 Å². The molecule has 354 valence electrons. The number of fused-ring (bicyclic) bond motifs is 6. The lowest BCUT2D eigenvalue weighted by atomic mass is 9.70. The fourth-order valence-electron chi connectivity index (χ4n) is 9.09. The van der Waals surface area contributed by atoms with Crippen molar-refractivity contribution in [3.8, 4) is 11.5 Å². The predicted octanol–water partition coefficient (Wildman–Crippen LogP) is 10.2. The topological polar surface area (TPSA) is 191 Å². The van der Waals surface area contributed by atoms with Crippen LogP contribution in [0.4, 0.5) is 0 Å². The maximum absolute atomic E-state index is 12.2. The minimum Gasteiger partial charge on any atom is -0.496 e. The molecule has 0 amide bonds. The van der Waals surface area contributed by atoms with Crippen LogP contribution in [0, 0.1) is 44.9 Å². The maximum Gasteiger partial charge on any atom is 0.319 e. The van der Waals surface area contributed by atoms with E-state index in [1.54, 1.807) is 44.4 Å². The van der Waals surface area contributed by atoms with Crippen molar-refractivity contribution in [2.45, 2.75) is 83.6 Å². The van der Waals surface area contributed by atoms with Crippen LogP contribution in [0.5, 0.6) is 11.5 Å². The second kappa shape index (κ2) is 22.1. The molecule has 17 heteroatoms. The standard InChI is InChI=1S/C23H20N2O2.C16H21NO6.C10H11NO3.CH2I2/c1-3-7-15-13(5-1)11-17-19(15)24-21(26-17)23(9-10-23)22-25-20-16-8-4-2-6-14(16)12-18(20)27-22;1-10-8-12(6-7-14(10)22-4)13(9-17(20)21)16(3,11(2)18)15(19)23-5;1-8-7-9(5-6-11(12)13)3-4-10(8)14-2;2-1-3/h1-8,17-20H,9-12H2;6-8,13H,9H2,1-5H3;3-7H,1-2H3;1H2/b;;6-5+;/t17-,18-,19+,20+;13-,16?;;/m00../s1. The van der Waals surface area contributed by atoms with Crippen molar-refractivity contribution in [1.29, 1.82) is 0 Å². The quantitative estimate of drug-likeness (QED) is 0.0328. The number of nitro groups is 2. The first kappa shape index (κ1) is 51.0. The zero-order chi connectivity index (χ0) is 48.6. The predicted molar refractivity (Wildman–Crippen MR) is 272 cm³/mol. The average Bonchev–Trinajstić information content (AvgIpc) is 3.53. The Morgan fingerprint density at radius 2 is 1.31 bits per heavy atom. The molecule has 0 aromatic heterocycles. The van der Waals surface area contributed by atoms with Gasteiger partial charge in [0.1, 0.15) is 52.4 Å². The Labute approximate surface area is 417 Å². The van der Waals surface area contributed by atoms with Gasteiger partial charge in [-0.05, 0) is 103 Å². The molecule has 0 N–H and O–H groups in total. The SMILES string of the molecule is COC(=O)C(C)(C(C)=O)[C@@H](C[N+](=O)[O-])c1ccc(OC)c(C)c1.COc1ccc(/C=C/[N+](=O)[O-])cc1C.ICI.c1ccc2c(c1)C[C@@H]1OC(C3(C4=N[C@@H]5c6ccccc6C[C@@H]5O4)CC3)=N[C@H]21. The molecule has 4 aromatic carbocycles. The zero-order valence-electron chi connectivity index (χ0n) is 38.4. The molecule has 3 aliphatic carbocycles. The highest BCUT2D eigenvalue weighted by atomic mass is 127. The third-order valence-corrected chi connectivity index (χ3v) is 12.9. The molecule has 1 fully saturated rings. The number of nitrogens with zero attached hydrogens (tertiary/aromatic N) is 4. The minimum atomic E-state index is -1.64. The molecule has 1 saturated carbocycles. The Morgan fingerprint density at radius 1 is 0.821 bits per heavy atom. The number of ketones is 1. The van der Waals surface area contributed by atoms with Crippen molar-refractivity contribution in [3.63, 3.8) is 0 Å². The summed E-state index contributed by atoms with van der Waals surface area (Å²) in [6.45, 7) is 5.74. The number of aryl methyl sites for hydroxylation is 2. The summed E-state index contributed by atoms with van der Waals surface area (Å²) < 4.78 is 28.9. The third-order valence-electron chi connectivity index (χ3n) is 12.9. The summed E-state index contributed by atoms with van der Waals surface area (Å²) in [4.78, 5) is 54.5. The van der Waals surface area contributed by atoms with E-state index in [1.807, 2.05) is 13.0 Å². The Balaban J connectivity index is 0.000000169. The molecule has 15 nitrogen and oxygen atoms in total. The highest BCUT2D eigenvalue weighted by molar-refractivity contribution is 14.2. The van der Waals surface area contributed by atoms with E-state index in [9.17, 15) is 29.8 Å². The number of hydrogen-bond acceptors (Lipinski definition) is 13. The van der Waals surface area contributed by atoms with Crippen molar-refractivity contribution >= 4 is 74.8 Å². The van der Waals surface area contributed by atoms with Gasteiger partial charge in [-0.2, -0.15) is 0 Å². The fraction of sp³-hybridized carbons (Fsp3) is 0.400. The van der Waals surface area contributed by atoms with Gasteiger partial charge in [0.25, 0.3) is 0 Å². The number of Topliss-reactive ketones (excluding diaryl/α,β-unsaturated/α-hetero) is 1. The number of esters is 1. The Hall–Kier alpha value is -5.44. The van der Waals surface area contributed by atoms with Crippen LogP contribution in [0.2, 0.25) is 0 Å². The minimum absolute atomic E-state index is 0.149. The van der Waals surface area contributed by atoms with Gasteiger partial charge in [-0.15, -0.1) is 0 Å². The van der Waals surface area contributed by atoms with Crippen LogP contribution in [-0.4, -0.2) is 75.9 Å². The van der Waals surface area contributed by atoms with Gasteiger partial charge in [-0.3, -0.25) is 29.8 Å². The first-order valence-corrected chi connectivity index (χ1v) is 24.7. The van der Waals surface area contributed by atoms with Crippen LogP contribution in [-0.2, 0) is 36.6 Å². The van der Waals surface area contributed by atoms with E-state index in [0.29, 0.717) is 11.3 Å². The third kappa shape index (κ3) is 11.1. The van der Waals surface area contributed by atoms with E-state index in [1.165, 1.54) is 51.7 Å². The van der Waals surface area contributed by atoms with Crippen LogP contribution >= 0.6 is 45.2 Å². The molecule has 9 rings (SSSR count). The Kier molecular flexibility index (Phi) is 16.8. The molecular formula is C50H54I2N4O11. The average molecular weight is 1140 g/mol. The molecule has 0 bridgehead atoms. The summed E-state index contributed by atoms with van der Waals surface area (Å²) in [5, 5.41) is 21.2. The molecule has 0 saturated heterocycles. The number of benzene rings is 4. The molecule has 5 aliphatic rings. The molecule has 0 radical (unpaired) electrons. The Morgan fingerprint density at radius 3 is 1.73 bits per heavy atom. The van der Waals surface area contributed by atoms with Gasteiger partial charge in [0.2, 0.25) is 12.7 Å². The number of aliphatic imine (C=N–C) groups is 2. The number of alkyl halides is 2. The molecule has 4 aromatic rings. The number of hydrogen-bond donors (Lipinski definition) is 0. The van der Waals surface area contributed by atoms with Crippen LogP contribution < -0.4 is 9.47 Å². The summed E-state index contributed by atoms with van der Waals surface area (Å²) >= 11 is 4.55. The van der Waals surface area contributed by atoms with Crippen molar-refractivity contribution < 1.29 is 43.1 Å². The largest absolute Gasteiger partial charge is 0.496 e. The van der Waals surface area contributed by atoms with Gasteiger partial charge in [0.15, 0.2) is 11.8 Å². The number of ether oxygens (including phenoxy) is 5. The highest BCUT2D eigenvalue weighted by Gasteiger charge is 2.61. The zero-order valence-corrected chi connectivity index (χ0v) is 42.7. The van der Waals surface area contributed by atoms with Gasteiger partial charge >= 0.3 is 5.97 Å². The normalized spacial score (nSPS) is 20.8. The molecule has 2 heterocycles. The summed E-state index contributed by atoms with van der Waals surface area (Å²) in [5.74, 6) is 0.944. The molecule has 6 atom stereocenters. The first-order chi connectivity index (χ1) is 32.0. The molecule has 2 aliphatic heterocycles. The summed E-state index contributed by atoms with van der Waals surface area (Å²) in [6, 6.07) is 27.9. The number of halogens is 2. The van der Waals surface area contributed by atoms with Crippen LogP contribution in [0.1, 0.15) is 89.2 Å². The van der Waals surface area contributed by atoms with Crippen molar-refractivity contribution in [3.05, 3.63) is 156 Å². The van der Waals surface area contributed by atoms with Crippen molar-refractivity contribution in [2.24, 2.45) is 20.8 Å². The number of carbonyl (C=O) groups excluding carboxylic acids is 2. The van der Waals surface area contributed by atoms with E-state index >= 15 is 0 Å². The van der Waals surface area contributed by atoms with E-state index in [4.69, 9.17) is 33.7 Å². The van der Waals surface area contributed by atoms with E-state index < -0.39 is 39.5 Å². The van der Waals surface area contributed by atoms with E-state index in [-0.39, 0.29) is 29.7 Å². The Bertz CT molecular complexity index is 2520. The lowest BCUT2D eigenvalue weighted by molar-refractivity contribution is -0.485. The van der Waals surface area contributed by atoms with Gasteiger partial charge in [0, 0.05) is 23.8 Å². The van der Waals surface area contributed by atoms with Gasteiger partial charge in [-0.1, -0.05) is 112 Å². The number of carbonyl (C=O) groups is 2. The van der Waals surface area contributed by atoms with Crippen molar-refractivity contribution in [1.82, 2.24) is 0 Å². The molecule has 1 unspecified atom stereocenters. The number of methoxy groups -OCH3 is 3. The van der Waals surface area contributed by atoms with Crippen LogP contribution in [0.15, 0.2) is 101 Å². The second-order valence-electron chi connectivity index (χ2n) is 16.9. The lowest BCUT2D eigenvalue weighted by Crippen LogP contribution is -2.44. The van der Waals surface area contributed by atoms with E-state index in [2.05, 4.69) is 93.7 Å². The summed E-state index contributed by atoms with van der Waals surface area (Å²) in [7, 11) is 4.27. The maximum atomic E-state index is 12.2. The van der Waals surface area contributed by atoms with Crippen molar-refractivity contribution in [2.75, 3.05) is 30.3 Å². The van der Waals surface area contributed by atoms with Gasteiger partial charge in [-0.25, -0.2) is 9.98 Å². The van der Waals surface area contributed by atoms with Gasteiger partial charge in [0.05, 0.1) is 34.6 Å². The fourth-order valence-corrected chi connectivity index (χ4v) is 9.09. The summed E-state index contributed by atoms with van der Waals surface area (Å²) in [5.41, 5.74) is 6.60. The van der Waals surface area contributed by atoms with Crippen LogP contribution in [0.3, 0.4) is 0 Å². The van der Waals surface area contributed by atoms with E-state index in [0.717, 1.165) is 73.2 Å². The number of rotatable bonds is 12. The molecule has 0 spiro atoms. The first-order valence-electron chi connectivity index (χ1n) is 21.6. The highest BCUT2D eigenvalue weighted by Crippen LogP contribution is 2.56. The van der Waals surface area contributed by atoms with Crippen LogP contribution in [0.25, 0.3) is 6.08 Å². The summed E-state index contributed by atoms with van der Waals surface area (Å²) in [6.07, 6.45) is 6.65. The lowest BCUT2D eigenvalue weighted by Gasteiger charge is -2.31. The molecular weight excluding hydrogens is 1090 g/mol. The molecule has 67 heavy (non-hydrogen) atoms.